The molecule has 2 fully saturated rings. The number of ether oxygens (including phenoxy) is 2. The highest BCUT2D eigenvalue weighted by Crippen LogP contribution is 2.46. The van der Waals surface area contributed by atoms with Crippen molar-refractivity contribution in [2.24, 2.45) is 0 Å². The van der Waals surface area contributed by atoms with Crippen LogP contribution in [0.5, 0.6) is 5.75 Å². The Labute approximate surface area is 287 Å². The van der Waals surface area contributed by atoms with Gasteiger partial charge in [0, 0.05) is 35.2 Å². The molecule has 5 N–H and O–H groups in total. The van der Waals surface area contributed by atoms with Gasteiger partial charge >= 0.3 is 0 Å². The number of likely N-dealkylation sites (N-methyl/N-ethyl adjacent to an activating group) is 1. The Morgan fingerprint density at radius 3 is 2.19 bits per heavy atom. The summed E-state index contributed by atoms with van der Waals surface area (Å²) >= 11 is 0. The van der Waals surface area contributed by atoms with Gasteiger partial charge in [-0.2, -0.15) is 0 Å². The Kier molecular flexibility index (Phi) is 9.72. The smallest absolute Gasteiger partial charge is 0.271 e. The molecule has 2 amide bonds. The monoisotopic (exact) mass is 655 g/mol. The largest absolute Gasteiger partial charge is 0.488 e. The molecule has 0 radical (unpaired) electrons. The third-order valence-electron chi connectivity index (χ3n) is 11.4. The highest BCUT2D eigenvalue weighted by molar-refractivity contribution is 6.58. The van der Waals surface area contributed by atoms with Crippen LogP contribution in [-0.4, -0.2) is 159 Å². The van der Waals surface area contributed by atoms with Crippen molar-refractivity contribution in [2.45, 2.75) is 58.2 Å². The van der Waals surface area contributed by atoms with E-state index >= 15 is 4.39 Å². The number of aliphatic hydroxyl groups is 4. The first-order valence-electron chi connectivity index (χ1n) is 15.7. The van der Waals surface area contributed by atoms with E-state index in [1.807, 2.05) is 0 Å². The predicted octanol–water partition coefficient (Wildman–Crippen LogP) is -10.1. The molecule has 2 saturated heterocycles. The maximum absolute atomic E-state index is 15.5. The van der Waals surface area contributed by atoms with E-state index in [9.17, 15) is 34.8 Å². The number of nitrogens with one attached hydrogen (secondary N) is 1. The van der Waals surface area contributed by atoms with Crippen molar-refractivity contribution in [3.8, 4) is 5.75 Å². The third-order valence-corrected chi connectivity index (χ3v) is 11.4. The number of amides is 2. The molecule has 0 aliphatic carbocycles. The average molecular weight is 654 g/mol. The Morgan fingerprint density at radius 2 is 1.60 bits per heavy atom. The summed E-state index contributed by atoms with van der Waals surface area (Å²) in [6.45, 7) is -0.366. The summed E-state index contributed by atoms with van der Waals surface area (Å²) in [5, 5.41) is 42.7. The fourth-order valence-electron chi connectivity index (χ4n) is 6.54. The van der Waals surface area contributed by atoms with Crippen LogP contribution < -0.4 is 10.1 Å². The fourth-order valence-corrected chi connectivity index (χ4v) is 6.54. The normalized spacial score (nSPS) is 29.2. The van der Waals surface area contributed by atoms with Crippen LogP contribution in [-0.2, 0) is 34.0 Å². The van der Waals surface area contributed by atoms with Crippen LogP contribution in [0.4, 0.5) is 4.39 Å². The summed E-state index contributed by atoms with van der Waals surface area (Å²) in [6.07, 6.45) is 0.646. The number of carbonyl (C=O) groups is 3. The third kappa shape index (κ3) is 5.82. The Hall–Kier alpha value is -2.72. The van der Waals surface area contributed by atoms with Gasteiger partial charge < -0.3 is 29.9 Å². The van der Waals surface area contributed by atoms with E-state index in [1.54, 1.807) is 91.1 Å². The highest BCUT2D eigenvalue weighted by atomic mass is 19.1. The Balaban J connectivity index is 1.59. The first-order valence-corrected chi connectivity index (χ1v) is 15.7. The summed E-state index contributed by atoms with van der Waals surface area (Å²) < 4.78 is 27.2. The molecule has 0 aromatic heterocycles. The van der Waals surface area contributed by atoms with Crippen molar-refractivity contribution >= 4 is 88.7 Å². The van der Waals surface area contributed by atoms with E-state index in [2.05, 4.69) is 5.32 Å². The summed E-state index contributed by atoms with van der Waals surface area (Å²) in [4.78, 5) is 40.8. The van der Waals surface area contributed by atoms with Gasteiger partial charge in [0.25, 0.3) is 5.91 Å². The van der Waals surface area contributed by atoms with E-state index in [-0.39, 0.29) is 36.6 Å². The number of hydrogen-bond donors (Lipinski definition) is 5. The maximum Gasteiger partial charge on any atom is 0.271 e. The molecule has 4 rings (SSSR count). The van der Waals surface area contributed by atoms with Crippen LogP contribution in [0.15, 0.2) is 36.4 Å². The lowest BCUT2D eigenvalue weighted by Crippen LogP contribution is -2.84. The van der Waals surface area contributed by atoms with Crippen molar-refractivity contribution in [3.63, 3.8) is 0 Å². The number of morpholine rings is 1. The predicted molar refractivity (Wildman–Crippen MR) is 199 cm³/mol. The molecule has 2 aliphatic rings. The second-order valence-corrected chi connectivity index (χ2v) is 14.9. The number of benzene rings is 2. The standard InChI is InChI=1S/C26H39B9FN3O9/c1-38(20(27)18(41)37-19(42)21(28,43)22(20,29)30)9-15-13(10-40)3-2-4-17(15)47-11-14-6-5-12(7-16(14)36)8-39-23(31,32)24(33,34)48-25(35,44)26(39,45)46/h2-7,10,43-46H,8-9,11,27-35H2,1H3,(H,37,41,42). The van der Waals surface area contributed by atoms with E-state index in [4.69, 9.17) is 9.47 Å². The van der Waals surface area contributed by atoms with Gasteiger partial charge in [-0.15, -0.1) is 0 Å². The maximum atomic E-state index is 15.5. The zero-order valence-corrected chi connectivity index (χ0v) is 29.3. The second-order valence-electron chi connectivity index (χ2n) is 14.9. The van der Waals surface area contributed by atoms with Gasteiger partial charge in [0.05, 0.1) is 5.44 Å². The van der Waals surface area contributed by atoms with Crippen LogP contribution in [0.25, 0.3) is 0 Å². The molecule has 0 saturated carbocycles. The number of nitrogens with zero attached hydrogens (tertiary/aromatic N) is 2. The van der Waals surface area contributed by atoms with Gasteiger partial charge in [0.1, 0.15) is 78.6 Å². The summed E-state index contributed by atoms with van der Waals surface area (Å²) in [6, 6.07) is 9.17. The van der Waals surface area contributed by atoms with Crippen LogP contribution >= 0.6 is 0 Å². The second kappa shape index (κ2) is 12.3. The lowest BCUT2D eigenvalue weighted by Gasteiger charge is -2.63. The molecule has 2 aromatic rings. The molecule has 3 atom stereocenters. The molecule has 3 unspecified atom stereocenters. The Bertz CT molecular complexity index is 1620. The van der Waals surface area contributed by atoms with Crippen LogP contribution in [0, 0.1) is 5.82 Å². The van der Waals surface area contributed by atoms with Gasteiger partial charge in [0.15, 0.2) is 27.7 Å². The first-order chi connectivity index (χ1) is 21.8. The summed E-state index contributed by atoms with van der Waals surface area (Å²) in [5.74, 6) is -4.57. The number of imide groups is 1. The molecule has 22 heteroatoms. The van der Waals surface area contributed by atoms with Gasteiger partial charge in [-0.25, -0.2) is 4.39 Å². The van der Waals surface area contributed by atoms with Gasteiger partial charge in [-0.3, -0.25) is 29.5 Å². The number of piperidine rings is 1. The zero-order chi connectivity index (χ0) is 36.5. The van der Waals surface area contributed by atoms with Gasteiger partial charge in [-0.05, 0) is 35.3 Å². The van der Waals surface area contributed by atoms with Crippen LogP contribution in [0.2, 0.25) is 5.21 Å². The number of carbonyl (C=O) groups excluding carboxylic acids is 3. The molecule has 246 valence electrons. The lowest BCUT2D eigenvalue weighted by atomic mass is 9.29. The van der Waals surface area contributed by atoms with Crippen molar-refractivity contribution in [1.29, 1.82) is 0 Å². The summed E-state index contributed by atoms with van der Waals surface area (Å²) in [7, 11) is 15.9. The molecule has 12 nitrogen and oxygen atoms in total. The van der Waals surface area contributed by atoms with Crippen molar-refractivity contribution in [3.05, 3.63) is 64.5 Å². The molecule has 48 heavy (non-hydrogen) atoms. The van der Waals surface area contributed by atoms with E-state index < -0.39 is 56.1 Å². The molecular weight excluding hydrogens is 615 g/mol. The minimum atomic E-state index is -2.80. The zero-order valence-electron chi connectivity index (χ0n) is 29.3. The fraction of sp³-hybridized carbons (Fsp3) is 0.423. The molecule has 2 heterocycles. The van der Waals surface area contributed by atoms with E-state index in [0.29, 0.717) is 17.4 Å². The lowest BCUT2D eigenvalue weighted by molar-refractivity contribution is -0.434. The minimum Gasteiger partial charge on any atom is -0.488 e. The number of hydrogen-bond acceptors (Lipinski definition) is 11. The molecular formula is C26H39B9FN3O9. The average Bonchev–Trinajstić information content (AvgIpc) is 2.96. The number of aldehydes is 1. The number of rotatable bonds is 9. The number of halogens is 1. The molecule has 0 bridgehead atoms. The summed E-state index contributed by atoms with van der Waals surface area (Å²) in [5.41, 5.74) is -4.37. The van der Waals surface area contributed by atoms with Gasteiger partial charge in [-0.1, -0.05) is 24.3 Å². The van der Waals surface area contributed by atoms with Crippen molar-refractivity contribution in [1.82, 2.24) is 15.1 Å². The van der Waals surface area contributed by atoms with Crippen LogP contribution in [0.1, 0.15) is 27.0 Å². The Morgan fingerprint density at radius 1 is 0.979 bits per heavy atom. The molecule has 2 aliphatic heterocycles. The SMILES string of the molecule is BC1(B)OC(B)(O)C(O)(O)N(Cc2ccc(COc3cccc(C=O)c3CN(C)C3(B)C(=O)NC(=O)C(B)(O)C3(B)B)c(F)c2)C1(B)B. The molecule has 0 spiro atoms. The quantitative estimate of drug-likeness (QED) is 0.0755. The molecule has 2 aromatic carbocycles. The minimum absolute atomic E-state index is 0.00279. The van der Waals surface area contributed by atoms with Crippen molar-refractivity contribution in [2.75, 3.05) is 7.05 Å². The van der Waals surface area contributed by atoms with E-state index in [1.165, 1.54) is 24.9 Å². The van der Waals surface area contributed by atoms with Crippen molar-refractivity contribution < 1.29 is 48.7 Å². The van der Waals surface area contributed by atoms with E-state index in [0.717, 1.165) is 7.85 Å². The first kappa shape index (κ1) is 38.1. The highest BCUT2D eigenvalue weighted by Gasteiger charge is 2.65. The van der Waals surface area contributed by atoms with Gasteiger partial charge in [0.2, 0.25) is 11.8 Å². The van der Waals surface area contributed by atoms with Crippen LogP contribution in [0.3, 0.4) is 0 Å². The topological polar surface area (TPSA) is 169 Å².